The lowest BCUT2D eigenvalue weighted by Gasteiger charge is -2.43. The Bertz CT molecular complexity index is 1230. The second-order valence-electron chi connectivity index (χ2n) is 10.5. The van der Waals surface area contributed by atoms with Gasteiger partial charge in [0, 0.05) is 48.1 Å². The van der Waals surface area contributed by atoms with Gasteiger partial charge in [-0.05, 0) is 49.5 Å². The minimum absolute atomic E-state index is 0.110. The molecule has 2 aliphatic heterocycles. The smallest absolute Gasteiger partial charge is 0.283 e. The maximum atomic E-state index is 15.7. The van der Waals surface area contributed by atoms with E-state index in [4.69, 9.17) is 0 Å². The van der Waals surface area contributed by atoms with Crippen LogP contribution in [0.25, 0.3) is 10.9 Å². The van der Waals surface area contributed by atoms with Gasteiger partial charge in [0.05, 0.1) is 18.6 Å². The minimum atomic E-state index is -3.41. The van der Waals surface area contributed by atoms with Gasteiger partial charge in [-0.1, -0.05) is 31.5 Å². The van der Waals surface area contributed by atoms with Crippen LogP contribution >= 0.6 is 0 Å². The molecule has 9 heteroatoms. The van der Waals surface area contributed by atoms with Crippen molar-refractivity contribution in [3.63, 3.8) is 0 Å². The SMILES string of the molecule is CCCCN1CC(Nc2cc(F)c([C@@H]3c4cc5ccccc5n4C[C@@H](C)N3CC(F)(F)CO)c(F)c2)C1. The number of aromatic nitrogens is 1. The summed E-state index contributed by atoms with van der Waals surface area (Å²) in [6.45, 7) is 4.79. The third kappa shape index (κ3) is 5.09. The Morgan fingerprint density at radius 1 is 1.05 bits per heavy atom. The highest BCUT2D eigenvalue weighted by Crippen LogP contribution is 2.42. The van der Waals surface area contributed by atoms with Gasteiger partial charge in [-0.25, -0.2) is 17.6 Å². The van der Waals surface area contributed by atoms with Crippen LogP contribution in [-0.2, 0) is 6.54 Å². The largest absolute Gasteiger partial charge is 0.390 e. The molecule has 0 unspecified atom stereocenters. The summed E-state index contributed by atoms with van der Waals surface area (Å²) < 4.78 is 62.3. The van der Waals surface area contributed by atoms with Gasteiger partial charge in [-0.2, -0.15) is 0 Å². The number of rotatable bonds is 9. The predicted octanol–water partition coefficient (Wildman–Crippen LogP) is 5.24. The summed E-state index contributed by atoms with van der Waals surface area (Å²) in [5.74, 6) is -4.97. The highest BCUT2D eigenvalue weighted by atomic mass is 19.3. The van der Waals surface area contributed by atoms with E-state index in [9.17, 15) is 13.9 Å². The molecule has 2 N–H and O–H groups in total. The minimum Gasteiger partial charge on any atom is -0.390 e. The molecule has 1 saturated heterocycles. The fraction of sp³-hybridized carbons (Fsp3) is 0.500. The van der Waals surface area contributed by atoms with Gasteiger partial charge in [0.2, 0.25) is 0 Å². The molecule has 2 aromatic carbocycles. The molecule has 1 aromatic heterocycles. The number of alkyl halides is 2. The number of fused-ring (bicyclic) bond motifs is 3. The second kappa shape index (κ2) is 10.3. The average Bonchev–Trinajstić information content (AvgIpc) is 3.19. The van der Waals surface area contributed by atoms with Crippen molar-refractivity contribution in [2.24, 2.45) is 0 Å². The zero-order valence-electron chi connectivity index (χ0n) is 21.2. The first kappa shape index (κ1) is 26.0. The number of nitrogens with one attached hydrogen (secondary N) is 1. The van der Waals surface area contributed by atoms with Crippen LogP contribution in [0.1, 0.15) is 44.0 Å². The first-order valence-electron chi connectivity index (χ1n) is 13.0. The van der Waals surface area contributed by atoms with Gasteiger partial charge in [-0.3, -0.25) is 9.80 Å². The average molecular weight is 519 g/mol. The predicted molar refractivity (Wildman–Crippen MR) is 137 cm³/mol. The molecule has 37 heavy (non-hydrogen) atoms. The summed E-state index contributed by atoms with van der Waals surface area (Å²) in [4.78, 5) is 3.71. The Balaban J connectivity index is 1.50. The topological polar surface area (TPSA) is 43.7 Å². The van der Waals surface area contributed by atoms with E-state index < -0.39 is 42.8 Å². The van der Waals surface area contributed by atoms with E-state index in [0.29, 0.717) is 17.9 Å². The van der Waals surface area contributed by atoms with Crippen molar-refractivity contribution in [1.82, 2.24) is 14.4 Å². The van der Waals surface area contributed by atoms with Crippen LogP contribution in [0.3, 0.4) is 0 Å². The molecule has 5 nitrogen and oxygen atoms in total. The Labute approximate surface area is 214 Å². The molecule has 200 valence electrons. The van der Waals surface area contributed by atoms with Crippen LogP contribution in [0.4, 0.5) is 23.2 Å². The molecule has 0 bridgehead atoms. The van der Waals surface area contributed by atoms with E-state index in [0.717, 1.165) is 43.4 Å². The van der Waals surface area contributed by atoms with E-state index in [1.165, 1.54) is 17.0 Å². The van der Waals surface area contributed by atoms with Crippen molar-refractivity contribution >= 4 is 16.6 Å². The van der Waals surface area contributed by atoms with Crippen molar-refractivity contribution in [3.8, 4) is 0 Å². The number of benzene rings is 2. The van der Waals surface area contributed by atoms with Gasteiger partial charge in [0.25, 0.3) is 5.92 Å². The second-order valence-corrected chi connectivity index (χ2v) is 10.5. The zero-order chi connectivity index (χ0) is 26.3. The molecule has 0 aliphatic carbocycles. The number of hydrogen-bond donors (Lipinski definition) is 2. The molecule has 0 saturated carbocycles. The van der Waals surface area contributed by atoms with Gasteiger partial charge in [-0.15, -0.1) is 0 Å². The fourth-order valence-corrected chi connectivity index (χ4v) is 5.72. The molecule has 1 fully saturated rings. The Hall–Kier alpha value is -2.62. The number of nitrogens with zero attached hydrogens (tertiary/aromatic N) is 3. The third-order valence-corrected chi connectivity index (χ3v) is 7.62. The van der Waals surface area contributed by atoms with Crippen molar-refractivity contribution in [2.75, 3.05) is 38.1 Å². The lowest BCUT2D eigenvalue weighted by atomic mass is 9.95. The van der Waals surface area contributed by atoms with Gasteiger partial charge in [0.1, 0.15) is 18.2 Å². The first-order chi connectivity index (χ1) is 17.7. The molecular weight excluding hydrogens is 484 g/mol. The highest BCUT2D eigenvalue weighted by Gasteiger charge is 2.43. The summed E-state index contributed by atoms with van der Waals surface area (Å²) in [5.41, 5.74) is 1.53. The lowest BCUT2D eigenvalue weighted by Crippen LogP contribution is -2.54. The molecule has 0 amide bonds. The third-order valence-electron chi connectivity index (χ3n) is 7.62. The van der Waals surface area contributed by atoms with Crippen molar-refractivity contribution in [2.45, 2.75) is 57.3 Å². The van der Waals surface area contributed by atoms with Crippen molar-refractivity contribution in [3.05, 3.63) is 65.4 Å². The molecular formula is C28H34F4N4O. The summed E-state index contributed by atoms with van der Waals surface area (Å²) in [6, 6.07) is 10.5. The van der Waals surface area contributed by atoms with Crippen LogP contribution in [0.5, 0.6) is 0 Å². The molecule has 0 radical (unpaired) electrons. The number of unbranched alkanes of at least 4 members (excludes halogenated alkanes) is 1. The Kier molecular flexibility index (Phi) is 7.22. The number of aliphatic hydroxyl groups is 1. The normalized spacial score (nSPS) is 21.3. The maximum absolute atomic E-state index is 15.7. The molecule has 2 atom stereocenters. The van der Waals surface area contributed by atoms with Gasteiger partial charge < -0.3 is 15.0 Å². The van der Waals surface area contributed by atoms with E-state index in [1.807, 2.05) is 34.9 Å². The fourth-order valence-electron chi connectivity index (χ4n) is 5.72. The van der Waals surface area contributed by atoms with E-state index in [-0.39, 0.29) is 11.6 Å². The van der Waals surface area contributed by atoms with E-state index in [1.54, 1.807) is 6.92 Å². The quantitative estimate of drug-likeness (QED) is 0.381. The summed E-state index contributed by atoms with van der Waals surface area (Å²) in [6.07, 6.45) is 2.24. The molecule has 5 rings (SSSR count). The Morgan fingerprint density at radius 2 is 1.76 bits per heavy atom. The summed E-state index contributed by atoms with van der Waals surface area (Å²) in [7, 11) is 0. The zero-order valence-corrected chi connectivity index (χ0v) is 21.2. The monoisotopic (exact) mass is 518 g/mol. The van der Waals surface area contributed by atoms with E-state index >= 15 is 8.78 Å². The number of aliphatic hydroxyl groups excluding tert-OH is 1. The number of para-hydroxylation sites is 1. The van der Waals surface area contributed by atoms with Crippen molar-refractivity contribution in [1.29, 1.82) is 0 Å². The molecule has 0 spiro atoms. The van der Waals surface area contributed by atoms with Crippen LogP contribution in [0, 0.1) is 11.6 Å². The first-order valence-corrected chi connectivity index (χ1v) is 13.0. The van der Waals surface area contributed by atoms with E-state index in [2.05, 4.69) is 17.1 Å². The molecule has 3 aromatic rings. The van der Waals surface area contributed by atoms with Crippen LogP contribution < -0.4 is 5.32 Å². The number of likely N-dealkylation sites (tertiary alicyclic amines) is 1. The molecule has 2 aliphatic rings. The highest BCUT2D eigenvalue weighted by molar-refractivity contribution is 5.82. The number of hydrogen-bond acceptors (Lipinski definition) is 4. The van der Waals surface area contributed by atoms with Gasteiger partial charge in [0.15, 0.2) is 0 Å². The lowest BCUT2D eigenvalue weighted by molar-refractivity contribution is -0.0896. The van der Waals surface area contributed by atoms with Crippen molar-refractivity contribution < 1.29 is 22.7 Å². The number of anilines is 1. The summed E-state index contributed by atoms with van der Waals surface area (Å²) in [5, 5.41) is 13.3. The Morgan fingerprint density at radius 3 is 2.43 bits per heavy atom. The van der Waals surface area contributed by atoms with Crippen LogP contribution in [0.15, 0.2) is 42.5 Å². The maximum Gasteiger partial charge on any atom is 0.283 e. The summed E-state index contributed by atoms with van der Waals surface area (Å²) >= 11 is 0. The standard InChI is InChI=1S/C28H34F4N4O/c1-3-4-9-34-14-21(15-34)33-20-11-22(29)26(23(30)12-20)27-25-10-19-7-5-6-8-24(19)35(25)13-18(2)36(27)16-28(31,32)17-37/h5-8,10-12,18,21,27,33,37H,3-4,9,13-17H2,1-2H3/t18-,27+/m1/s1. The molecule has 3 heterocycles. The van der Waals surface area contributed by atoms with Gasteiger partial charge >= 0.3 is 0 Å². The van der Waals surface area contributed by atoms with Crippen LogP contribution in [-0.4, -0.2) is 70.3 Å². The number of halogens is 4. The van der Waals surface area contributed by atoms with Crippen LogP contribution in [0.2, 0.25) is 0 Å².